The van der Waals surface area contributed by atoms with Gasteiger partial charge in [0.2, 0.25) is 0 Å². The lowest BCUT2D eigenvalue weighted by Crippen LogP contribution is -2.58. The van der Waals surface area contributed by atoms with E-state index in [1.165, 1.54) is 0 Å². The quantitative estimate of drug-likeness (QED) is 0.832. The number of halogens is 3. The van der Waals surface area contributed by atoms with Gasteiger partial charge in [-0.05, 0) is 57.7 Å². The first kappa shape index (κ1) is 20.2. The summed E-state index contributed by atoms with van der Waals surface area (Å²) in [6.45, 7) is 4.94. The van der Waals surface area contributed by atoms with E-state index in [-0.39, 0.29) is 18.4 Å². The van der Waals surface area contributed by atoms with Gasteiger partial charge >= 0.3 is 12.3 Å². The molecule has 0 heterocycles. The van der Waals surface area contributed by atoms with E-state index in [1.807, 2.05) is 0 Å². The van der Waals surface area contributed by atoms with Crippen molar-refractivity contribution in [2.24, 2.45) is 0 Å². The van der Waals surface area contributed by atoms with E-state index in [4.69, 9.17) is 4.74 Å². The molecule has 1 aliphatic carbocycles. The van der Waals surface area contributed by atoms with Crippen LogP contribution in [0.5, 0.6) is 0 Å². The third-order valence-corrected chi connectivity index (χ3v) is 4.17. The van der Waals surface area contributed by atoms with Gasteiger partial charge in [-0.15, -0.1) is 0 Å². The Morgan fingerprint density at radius 1 is 1.23 bits per heavy atom. The van der Waals surface area contributed by atoms with E-state index in [1.54, 1.807) is 20.8 Å². The van der Waals surface area contributed by atoms with Gasteiger partial charge in [-0.3, -0.25) is 4.79 Å². The van der Waals surface area contributed by atoms with Crippen LogP contribution in [-0.4, -0.2) is 28.7 Å². The number of nitrogens with one attached hydrogen (secondary N) is 1. The fourth-order valence-electron chi connectivity index (χ4n) is 3.00. The summed E-state index contributed by atoms with van der Waals surface area (Å²) in [7, 11) is 0. The second-order valence-electron chi connectivity index (χ2n) is 7.38. The Morgan fingerprint density at radius 2 is 1.81 bits per heavy atom. The molecule has 144 valence electrons. The second-order valence-corrected chi connectivity index (χ2v) is 7.38. The molecule has 2 rings (SSSR count). The molecule has 1 saturated carbocycles. The van der Waals surface area contributed by atoms with Gasteiger partial charge in [0.15, 0.2) is 5.78 Å². The van der Waals surface area contributed by atoms with Gasteiger partial charge in [0, 0.05) is 0 Å². The van der Waals surface area contributed by atoms with Crippen molar-refractivity contribution >= 4 is 11.9 Å². The minimum absolute atomic E-state index is 0.160. The minimum Gasteiger partial charge on any atom is -0.444 e. The van der Waals surface area contributed by atoms with Crippen LogP contribution in [0.2, 0.25) is 0 Å². The van der Waals surface area contributed by atoms with Crippen LogP contribution in [0, 0.1) is 0 Å². The van der Waals surface area contributed by atoms with Gasteiger partial charge in [-0.25, -0.2) is 4.79 Å². The number of aliphatic hydroxyl groups is 1. The summed E-state index contributed by atoms with van der Waals surface area (Å²) in [5.74, 6) is -0.658. The lowest BCUT2D eigenvalue weighted by Gasteiger charge is -2.39. The zero-order chi connectivity index (χ0) is 19.8. The molecule has 0 aliphatic heterocycles. The monoisotopic (exact) mass is 373 g/mol. The molecule has 1 aromatic rings. The Hall–Kier alpha value is -2.09. The molecule has 1 aromatic carbocycles. The van der Waals surface area contributed by atoms with E-state index in [9.17, 15) is 27.9 Å². The number of hydrogen-bond donors (Lipinski definition) is 2. The first-order chi connectivity index (χ1) is 11.8. The van der Waals surface area contributed by atoms with Crippen LogP contribution in [0.1, 0.15) is 51.2 Å². The molecule has 8 heteroatoms. The van der Waals surface area contributed by atoms with E-state index in [2.05, 4.69) is 5.32 Å². The van der Waals surface area contributed by atoms with Crippen LogP contribution < -0.4 is 5.32 Å². The largest absolute Gasteiger partial charge is 0.444 e. The molecule has 0 saturated heterocycles. The SMILES string of the molecule is CC(C)(C)OC(=O)N[C@]1(c2ccc(C(F)(F)F)cc2)CCC[C@H](O)C1=O. The first-order valence-corrected chi connectivity index (χ1v) is 8.26. The number of hydrogen-bond acceptors (Lipinski definition) is 4. The van der Waals surface area contributed by atoms with Crippen LogP contribution in [0.3, 0.4) is 0 Å². The average Bonchev–Trinajstić information content (AvgIpc) is 2.49. The van der Waals surface area contributed by atoms with Gasteiger partial charge in [-0.1, -0.05) is 12.1 Å². The van der Waals surface area contributed by atoms with Gasteiger partial charge in [0.1, 0.15) is 17.2 Å². The molecule has 0 bridgehead atoms. The van der Waals surface area contributed by atoms with Gasteiger partial charge < -0.3 is 15.2 Å². The molecule has 26 heavy (non-hydrogen) atoms. The van der Waals surface area contributed by atoms with Crippen LogP contribution in [0.25, 0.3) is 0 Å². The van der Waals surface area contributed by atoms with Crippen LogP contribution in [0.15, 0.2) is 24.3 Å². The van der Waals surface area contributed by atoms with Crippen LogP contribution in [0.4, 0.5) is 18.0 Å². The highest BCUT2D eigenvalue weighted by molar-refractivity contribution is 5.96. The average molecular weight is 373 g/mol. The molecule has 1 fully saturated rings. The normalized spacial score (nSPS) is 24.3. The van der Waals surface area contributed by atoms with Crippen molar-refractivity contribution < 1.29 is 32.6 Å². The number of rotatable bonds is 2. The number of benzene rings is 1. The summed E-state index contributed by atoms with van der Waals surface area (Å²) in [6.07, 6.45) is -5.88. The summed E-state index contributed by atoms with van der Waals surface area (Å²) in [4.78, 5) is 24.9. The van der Waals surface area contributed by atoms with E-state index in [0.29, 0.717) is 6.42 Å². The number of alkyl carbamates (subject to hydrolysis) is 1. The van der Waals surface area contributed by atoms with Crippen LogP contribution in [-0.2, 0) is 21.2 Å². The van der Waals surface area contributed by atoms with Crippen LogP contribution >= 0.6 is 0 Å². The molecular formula is C18H22F3NO4. The van der Waals surface area contributed by atoms with E-state index in [0.717, 1.165) is 24.3 Å². The molecule has 1 amide bonds. The predicted molar refractivity (Wildman–Crippen MR) is 87.4 cm³/mol. The molecule has 0 spiro atoms. The Bertz CT molecular complexity index is 679. The van der Waals surface area contributed by atoms with Crippen molar-refractivity contribution in [1.82, 2.24) is 5.32 Å². The first-order valence-electron chi connectivity index (χ1n) is 8.26. The molecule has 0 radical (unpaired) electrons. The topological polar surface area (TPSA) is 75.6 Å². The summed E-state index contributed by atoms with van der Waals surface area (Å²) in [6, 6.07) is 4.00. The Balaban J connectivity index is 2.41. The number of alkyl halides is 3. The van der Waals surface area contributed by atoms with Crippen molar-refractivity contribution in [2.75, 3.05) is 0 Å². The number of carbonyl (C=O) groups is 2. The summed E-state index contributed by atoms with van der Waals surface area (Å²) >= 11 is 0. The molecule has 1 aliphatic rings. The zero-order valence-corrected chi connectivity index (χ0v) is 14.8. The standard InChI is InChI=1S/C18H22F3NO4/c1-16(2,3)26-15(25)22-17(10-4-5-13(23)14(17)24)11-6-8-12(9-7-11)18(19,20)21/h6-9,13,23H,4-5,10H2,1-3H3,(H,22,25)/t13-,17-/m0/s1. The number of ketones is 1. The predicted octanol–water partition coefficient (Wildman–Crippen LogP) is 3.54. The van der Waals surface area contributed by atoms with E-state index >= 15 is 0 Å². The maximum Gasteiger partial charge on any atom is 0.416 e. The molecule has 2 N–H and O–H groups in total. The molecule has 5 nitrogen and oxygen atoms in total. The Labute approximate surface area is 149 Å². The highest BCUT2D eigenvalue weighted by Gasteiger charge is 2.47. The fourth-order valence-corrected chi connectivity index (χ4v) is 3.00. The highest BCUT2D eigenvalue weighted by Crippen LogP contribution is 2.37. The lowest BCUT2D eigenvalue weighted by atomic mass is 9.74. The number of amides is 1. The van der Waals surface area contributed by atoms with Crippen molar-refractivity contribution in [3.63, 3.8) is 0 Å². The number of aliphatic hydroxyl groups excluding tert-OH is 1. The van der Waals surface area contributed by atoms with Gasteiger partial charge in [0.25, 0.3) is 0 Å². The third-order valence-electron chi connectivity index (χ3n) is 4.17. The molecule has 2 atom stereocenters. The van der Waals surface area contributed by atoms with Crippen molar-refractivity contribution in [3.05, 3.63) is 35.4 Å². The Morgan fingerprint density at radius 3 is 2.31 bits per heavy atom. The fraction of sp³-hybridized carbons (Fsp3) is 0.556. The van der Waals surface area contributed by atoms with Crippen molar-refractivity contribution in [1.29, 1.82) is 0 Å². The third kappa shape index (κ3) is 4.35. The zero-order valence-electron chi connectivity index (χ0n) is 14.8. The van der Waals surface area contributed by atoms with Crippen molar-refractivity contribution in [2.45, 2.75) is 63.5 Å². The molecule has 0 unspecified atom stereocenters. The number of Topliss-reactive ketones (excluding diaryl/α,β-unsaturated/α-hetero) is 1. The maximum atomic E-state index is 12.8. The van der Waals surface area contributed by atoms with Crippen molar-refractivity contribution in [3.8, 4) is 0 Å². The maximum absolute atomic E-state index is 12.8. The molecular weight excluding hydrogens is 351 g/mol. The minimum atomic E-state index is -4.51. The smallest absolute Gasteiger partial charge is 0.416 e. The van der Waals surface area contributed by atoms with Gasteiger partial charge in [-0.2, -0.15) is 13.2 Å². The Kier molecular flexibility index (Phi) is 5.37. The summed E-state index contributed by atoms with van der Waals surface area (Å²) in [5.41, 5.74) is -3.12. The number of carbonyl (C=O) groups excluding carboxylic acids is 2. The summed E-state index contributed by atoms with van der Waals surface area (Å²) in [5, 5.41) is 12.5. The lowest BCUT2D eigenvalue weighted by molar-refractivity contribution is -0.138. The molecule has 0 aromatic heterocycles. The highest BCUT2D eigenvalue weighted by atomic mass is 19.4. The second kappa shape index (κ2) is 6.90. The number of ether oxygens (including phenoxy) is 1. The summed E-state index contributed by atoms with van der Waals surface area (Å²) < 4.78 is 43.6. The van der Waals surface area contributed by atoms with E-state index < -0.39 is 40.9 Å². The van der Waals surface area contributed by atoms with Gasteiger partial charge in [0.05, 0.1) is 5.56 Å².